The topological polar surface area (TPSA) is 49.4 Å². The molecular formula is C13H26N2O2S. The van der Waals surface area contributed by atoms with Crippen LogP contribution in [0.5, 0.6) is 0 Å². The van der Waals surface area contributed by atoms with Gasteiger partial charge in [0.25, 0.3) is 0 Å². The van der Waals surface area contributed by atoms with Crippen molar-refractivity contribution in [1.82, 2.24) is 10.2 Å². The minimum atomic E-state index is -2.81. The minimum absolute atomic E-state index is 0.271. The first-order chi connectivity index (χ1) is 8.59. The average Bonchev–Trinajstić information content (AvgIpc) is 3.19. The van der Waals surface area contributed by atoms with Gasteiger partial charge in [0.15, 0.2) is 9.84 Å². The van der Waals surface area contributed by atoms with E-state index in [-0.39, 0.29) is 5.75 Å². The molecule has 0 amide bonds. The Hall–Kier alpha value is -0.130. The van der Waals surface area contributed by atoms with Crippen molar-refractivity contribution in [2.45, 2.75) is 38.6 Å². The maximum atomic E-state index is 11.5. The van der Waals surface area contributed by atoms with E-state index in [2.05, 4.69) is 10.2 Å². The molecule has 5 heteroatoms. The Labute approximate surface area is 111 Å². The first kappa shape index (κ1) is 14.3. The van der Waals surface area contributed by atoms with Gasteiger partial charge in [0.1, 0.15) is 0 Å². The molecule has 1 N–H and O–H groups in total. The number of likely N-dealkylation sites (tertiary alicyclic amines) is 1. The Kier molecular flexibility index (Phi) is 5.04. The molecule has 4 nitrogen and oxygen atoms in total. The van der Waals surface area contributed by atoms with E-state index in [1.54, 1.807) is 6.92 Å². The maximum absolute atomic E-state index is 11.5. The van der Waals surface area contributed by atoms with Crippen LogP contribution < -0.4 is 5.32 Å². The normalized spacial score (nSPS) is 26.4. The van der Waals surface area contributed by atoms with Crippen molar-refractivity contribution in [3.8, 4) is 0 Å². The van der Waals surface area contributed by atoms with Gasteiger partial charge in [-0.3, -0.25) is 0 Å². The lowest BCUT2D eigenvalue weighted by molar-refractivity contribution is 0.180. The minimum Gasteiger partial charge on any atom is -0.314 e. The van der Waals surface area contributed by atoms with Gasteiger partial charge in [0, 0.05) is 24.9 Å². The predicted octanol–water partition coefficient (Wildman–Crippen LogP) is 0.885. The Morgan fingerprint density at radius 1 is 1.28 bits per heavy atom. The molecule has 1 saturated heterocycles. The van der Waals surface area contributed by atoms with Gasteiger partial charge in [-0.2, -0.15) is 0 Å². The number of hydrogen-bond acceptors (Lipinski definition) is 4. The molecule has 0 aromatic carbocycles. The monoisotopic (exact) mass is 274 g/mol. The molecule has 1 saturated carbocycles. The summed E-state index contributed by atoms with van der Waals surface area (Å²) in [6.45, 7) is 5.70. The van der Waals surface area contributed by atoms with Crippen LogP contribution >= 0.6 is 0 Å². The second kappa shape index (κ2) is 6.35. The zero-order valence-electron chi connectivity index (χ0n) is 11.4. The van der Waals surface area contributed by atoms with E-state index in [1.165, 1.54) is 25.7 Å². The first-order valence-corrected chi connectivity index (χ1v) is 9.07. The van der Waals surface area contributed by atoms with Gasteiger partial charge in [0.05, 0.1) is 5.75 Å². The Balaban J connectivity index is 1.68. The van der Waals surface area contributed by atoms with Crippen molar-refractivity contribution in [2.75, 3.05) is 37.7 Å². The van der Waals surface area contributed by atoms with E-state index in [1.807, 2.05) is 0 Å². The maximum Gasteiger partial charge on any atom is 0.151 e. The standard InChI is InChI=1S/C13H26N2O2S/c1-2-18(16,17)9-8-15-7-3-4-12(11-15)10-14-13-5-6-13/h12-14H,2-11H2,1H3. The first-order valence-electron chi connectivity index (χ1n) is 7.25. The Morgan fingerprint density at radius 3 is 2.72 bits per heavy atom. The van der Waals surface area contributed by atoms with Gasteiger partial charge in [0.2, 0.25) is 0 Å². The Morgan fingerprint density at radius 2 is 2.06 bits per heavy atom. The highest BCUT2D eigenvalue weighted by atomic mass is 32.2. The lowest BCUT2D eigenvalue weighted by atomic mass is 9.98. The summed E-state index contributed by atoms with van der Waals surface area (Å²) in [4.78, 5) is 2.33. The van der Waals surface area contributed by atoms with Crippen LogP contribution in [0.2, 0.25) is 0 Å². The zero-order chi connectivity index (χ0) is 13.0. The second-order valence-corrected chi connectivity index (χ2v) is 8.20. The van der Waals surface area contributed by atoms with E-state index >= 15 is 0 Å². The van der Waals surface area contributed by atoms with Crippen LogP contribution in [0.4, 0.5) is 0 Å². The fraction of sp³-hybridized carbons (Fsp3) is 1.00. The highest BCUT2D eigenvalue weighted by molar-refractivity contribution is 7.91. The lowest BCUT2D eigenvalue weighted by Crippen LogP contribution is -2.42. The van der Waals surface area contributed by atoms with Gasteiger partial charge in [-0.05, 0) is 44.7 Å². The molecule has 2 rings (SSSR count). The summed E-state index contributed by atoms with van der Waals surface area (Å²) in [5.74, 6) is 1.31. The summed E-state index contributed by atoms with van der Waals surface area (Å²) < 4.78 is 23.0. The number of rotatable bonds is 7. The van der Waals surface area contributed by atoms with Crippen LogP contribution in [0.25, 0.3) is 0 Å². The van der Waals surface area contributed by atoms with Crippen LogP contribution in [0.3, 0.4) is 0 Å². The summed E-state index contributed by atoms with van der Waals surface area (Å²) >= 11 is 0. The van der Waals surface area contributed by atoms with Gasteiger partial charge in [-0.1, -0.05) is 6.92 Å². The zero-order valence-corrected chi connectivity index (χ0v) is 12.2. The summed E-state index contributed by atoms with van der Waals surface area (Å²) in [6.07, 6.45) is 5.18. The second-order valence-electron chi connectivity index (χ2n) is 5.73. The van der Waals surface area contributed by atoms with E-state index in [0.717, 1.165) is 32.2 Å². The third kappa shape index (κ3) is 4.86. The molecule has 2 aliphatic rings. The third-order valence-electron chi connectivity index (χ3n) is 4.03. The molecule has 1 heterocycles. The lowest BCUT2D eigenvalue weighted by Gasteiger charge is -2.32. The summed E-state index contributed by atoms with van der Waals surface area (Å²) in [7, 11) is -2.81. The third-order valence-corrected chi connectivity index (χ3v) is 5.72. The number of nitrogens with zero attached hydrogens (tertiary/aromatic N) is 1. The quantitative estimate of drug-likeness (QED) is 0.749. The number of hydrogen-bond donors (Lipinski definition) is 1. The number of piperidine rings is 1. The van der Waals surface area contributed by atoms with Gasteiger partial charge in [-0.25, -0.2) is 8.42 Å². The molecular weight excluding hydrogens is 248 g/mol. The number of sulfone groups is 1. The largest absolute Gasteiger partial charge is 0.314 e. The van der Waals surface area contributed by atoms with Crippen molar-refractivity contribution in [3.05, 3.63) is 0 Å². The van der Waals surface area contributed by atoms with Crippen LogP contribution in [0.15, 0.2) is 0 Å². The Bertz CT molecular complexity index is 352. The van der Waals surface area contributed by atoms with Gasteiger partial charge >= 0.3 is 0 Å². The van der Waals surface area contributed by atoms with Crippen molar-refractivity contribution in [3.63, 3.8) is 0 Å². The molecule has 0 bridgehead atoms. The van der Waals surface area contributed by atoms with Crippen LogP contribution in [-0.2, 0) is 9.84 Å². The van der Waals surface area contributed by atoms with E-state index < -0.39 is 9.84 Å². The van der Waals surface area contributed by atoms with Crippen LogP contribution in [0.1, 0.15) is 32.6 Å². The molecule has 1 atom stereocenters. The summed E-state index contributed by atoms with van der Waals surface area (Å²) in [6, 6.07) is 0.779. The van der Waals surface area contributed by atoms with Gasteiger partial charge in [-0.15, -0.1) is 0 Å². The van der Waals surface area contributed by atoms with Crippen molar-refractivity contribution >= 4 is 9.84 Å². The molecule has 2 fully saturated rings. The van der Waals surface area contributed by atoms with E-state index in [0.29, 0.717) is 11.7 Å². The predicted molar refractivity (Wildman–Crippen MR) is 74.5 cm³/mol. The molecule has 1 aliphatic heterocycles. The fourth-order valence-electron chi connectivity index (χ4n) is 2.55. The van der Waals surface area contributed by atoms with Crippen molar-refractivity contribution < 1.29 is 8.42 Å². The highest BCUT2D eigenvalue weighted by Crippen LogP contribution is 2.21. The average molecular weight is 274 g/mol. The van der Waals surface area contributed by atoms with Gasteiger partial charge < -0.3 is 10.2 Å². The SMILES string of the molecule is CCS(=O)(=O)CCN1CCCC(CNC2CC2)C1. The van der Waals surface area contributed by atoms with Crippen molar-refractivity contribution in [2.24, 2.45) is 5.92 Å². The van der Waals surface area contributed by atoms with Crippen LogP contribution in [0, 0.1) is 5.92 Å². The fourth-order valence-corrected chi connectivity index (χ4v) is 3.38. The molecule has 0 radical (unpaired) electrons. The van der Waals surface area contributed by atoms with Crippen molar-refractivity contribution in [1.29, 1.82) is 0 Å². The van der Waals surface area contributed by atoms with E-state index in [4.69, 9.17) is 0 Å². The molecule has 18 heavy (non-hydrogen) atoms. The molecule has 0 aromatic rings. The molecule has 0 spiro atoms. The smallest absolute Gasteiger partial charge is 0.151 e. The van der Waals surface area contributed by atoms with E-state index in [9.17, 15) is 8.42 Å². The molecule has 1 aliphatic carbocycles. The number of nitrogens with one attached hydrogen (secondary N) is 1. The molecule has 106 valence electrons. The highest BCUT2D eigenvalue weighted by Gasteiger charge is 2.25. The molecule has 0 aromatic heterocycles. The molecule has 1 unspecified atom stereocenters. The van der Waals surface area contributed by atoms with Crippen LogP contribution in [-0.4, -0.2) is 57.0 Å². The summed E-state index contributed by atoms with van der Waals surface area (Å²) in [5.41, 5.74) is 0. The summed E-state index contributed by atoms with van der Waals surface area (Å²) in [5, 5.41) is 3.59.